The summed E-state index contributed by atoms with van der Waals surface area (Å²) in [6.07, 6.45) is 0. The number of hydrogen-bond acceptors (Lipinski definition) is 2. The zero-order valence-electron chi connectivity index (χ0n) is 10.3. The highest BCUT2D eigenvalue weighted by Gasteiger charge is 2.09. The number of halogens is 2. The van der Waals surface area contributed by atoms with E-state index in [1.54, 1.807) is 6.07 Å². The molecule has 100 valence electrons. The summed E-state index contributed by atoms with van der Waals surface area (Å²) >= 11 is 3.12. The SMILES string of the molecule is OCC(NCc1ccc(Br)c(F)c1)c1ccccc1. The Morgan fingerprint density at radius 3 is 2.53 bits per heavy atom. The molecule has 0 aliphatic heterocycles. The molecule has 4 heteroatoms. The first-order valence-corrected chi connectivity index (χ1v) is 6.83. The van der Waals surface area contributed by atoms with Crippen molar-refractivity contribution < 1.29 is 9.50 Å². The van der Waals surface area contributed by atoms with Crippen molar-refractivity contribution in [2.45, 2.75) is 12.6 Å². The van der Waals surface area contributed by atoms with E-state index in [1.165, 1.54) is 6.07 Å². The Morgan fingerprint density at radius 1 is 1.16 bits per heavy atom. The molecule has 1 unspecified atom stereocenters. The second-order valence-corrected chi connectivity index (χ2v) is 5.13. The quantitative estimate of drug-likeness (QED) is 0.883. The molecule has 0 spiro atoms. The van der Waals surface area contributed by atoms with Crippen LogP contribution in [0.15, 0.2) is 53.0 Å². The molecule has 0 saturated carbocycles. The van der Waals surface area contributed by atoms with E-state index in [1.807, 2.05) is 36.4 Å². The lowest BCUT2D eigenvalue weighted by atomic mass is 10.1. The first-order valence-electron chi connectivity index (χ1n) is 6.04. The smallest absolute Gasteiger partial charge is 0.137 e. The Hall–Kier alpha value is -1.23. The van der Waals surface area contributed by atoms with Crippen LogP contribution in [0.1, 0.15) is 17.2 Å². The lowest BCUT2D eigenvalue weighted by Gasteiger charge is -2.16. The van der Waals surface area contributed by atoms with Gasteiger partial charge in [-0.05, 0) is 39.2 Å². The molecular formula is C15H15BrFNO. The molecular weight excluding hydrogens is 309 g/mol. The molecule has 0 aromatic heterocycles. The van der Waals surface area contributed by atoms with E-state index in [4.69, 9.17) is 0 Å². The van der Waals surface area contributed by atoms with Gasteiger partial charge in [-0.25, -0.2) is 4.39 Å². The maximum absolute atomic E-state index is 13.4. The fourth-order valence-corrected chi connectivity index (χ4v) is 2.11. The molecule has 2 aromatic carbocycles. The topological polar surface area (TPSA) is 32.3 Å². The maximum atomic E-state index is 13.4. The Labute approximate surface area is 120 Å². The van der Waals surface area contributed by atoms with Gasteiger partial charge in [-0.1, -0.05) is 36.4 Å². The van der Waals surface area contributed by atoms with E-state index in [0.29, 0.717) is 11.0 Å². The second-order valence-electron chi connectivity index (χ2n) is 4.28. The van der Waals surface area contributed by atoms with Crippen molar-refractivity contribution in [3.8, 4) is 0 Å². The third kappa shape index (κ3) is 3.86. The van der Waals surface area contributed by atoms with Crippen molar-refractivity contribution in [3.63, 3.8) is 0 Å². The summed E-state index contributed by atoms with van der Waals surface area (Å²) in [4.78, 5) is 0. The monoisotopic (exact) mass is 323 g/mol. The van der Waals surface area contributed by atoms with Gasteiger partial charge in [0.2, 0.25) is 0 Å². The number of aliphatic hydroxyl groups is 1. The molecule has 2 N–H and O–H groups in total. The van der Waals surface area contributed by atoms with Crippen molar-refractivity contribution in [3.05, 3.63) is 69.9 Å². The molecule has 0 saturated heterocycles. The molecule has 19 heavy (non-hydrogen) atoms. The standard InChI is InChI=1S/C15H15BrFNO/c16-13-7-6-11(8-14(13)17)9-18-15(10-19)12-4-2-1-3-5-12/h1-8,15,18-19H,9-10H2. The highest BCUT2D eigenvalue weighted by atomic mass is 79.9. The Bertz CT molecular complexity index is 533. The summed E-state index contributed by atoms with van der Waals surface area (Å²) < 4.78 is 13.8. The minimum Gasteiger partial charge on any atom is -0.394 e. The summed E-state index contributed by atoms with van der Waals surface area (Å²) in [6.45, 7) is 0.507. The van der Waals surface area contributed by atoms with Crippen molar-refractivity contribution in [2.75, 3.05) is 6.61 Å². The summed E-state index contributed by atoms with van der Waals surface area (Å²) in [5.74, 6) is -0.278. The second kappa shape index (κ2) is 6.80. The lowest BCUT2D eigenvalue weighted by molar-refractivity contribution is 0.243. The zero-order chi connectivity index (χ0) is 13.7. The molecule has 2 nitrogen and oxygen atoms in total. The highest BCUT2D eigenvalue weighted by molar-refractivity contribution is 9.10. The molecule has 0 amide bonds. The lowest BCUT2D eigenvalue weighted by Crippen LogP contribution is -2.23. The molecule has 0 aliphatic carbocycles. The van der Waals surface area contributed by atoms with Crippen LogP contribution in [0, 0.1) is 5.82 Å². The number of rotatable bonds is 5. The highest BCUT2D eigenvalue weighted by Crippen LogP contribution is 2.17. The van der Waals surface area contributed by atoms with Crippen LogP contribution in [-0.4, -0.2) is 11.7 Å². The zero-order valence-corrected chi connectivity index (χ0v) is 11.9. The number of aliphatic hydroxyl groups excluding tert-OH is 1. The first-order chi connectivity index (χ1) is 9.20. The molecule has 1 atom stereocenters. The van der Waals surface area contributed by atoms with Crippen LogP contribution in [0.2, 0.25) is 0 Å². The van der Waals surface area contributed by atoms with Crippen molar-refractivity contribution in [1.29, 1.82) is 0 Å². The van der Waals surface area contributed by atoms with Gasteiger partial charge >= 0.3 is 0 Å². The normalized spacial score (nSPS) is 12.4. The number of hydrogen-bond donors (Lipinski definition) is 2. The van der Waals surface area contributed by atoms with E-state index in [-0.39, 0.29) is 18.5 Å². The van der Waals surface area contributed by atoms with Crippen molar-refractivity contribution in [1.82, 2.24) is 5.32 Å². The molecule has 0 fully saturated rings. The van der Waals surface area contributed by atoms with Crippen molar-refractivity contribution in [2.24, 2.45) is 0 Å². The van der Waals surface area contributed by atoms with E-state index < -0.39 is 0 Å². The van der Waals surface area contributed by atoms with Crippen LogP contribution >= 0.6 is 15.9 Å². The van der Waals surface area contributed by atoms with Gasteiger partial charge in [-0.15, -0.1) is 0 Å². The molecule has 0 heterocycles. The van der Waals surface area contributed by atoms with Gasteiger partial charge in [0.05, 0.1) is 17.1 Å². The minimum absolute atomic E-state index is 0.00300. The van der Waals surface area contributed by atoms with E-state index in [0.717, 1.165) is 11.1 Å². The van der Waals surface area contributed by atoms with Crippen molar-refractivity contribution >= 4 is 15.9 Å². The van der Waals surface area contributed by atoms with E-state index in [2.05, 4.69) is 21.2 Å². The predicted octanol–water partition coefficient (Wildman–Crippen LogP) is 3.41. The van der Waals surface area contributed by atoms with Gasteiger partial charge in [0, 0.05) is 6.54 Å². The minimum atomic E-state index is -0.278. The van der Waals surface area contributed by atoms with Crippen LogP contribution in [-0.2, 0) is 6.54 Å². The van der Waals surface area contributed by atoms with E-state index in [9.17, 15) is 9.50 Å². The Balaban J connectivity index is 2.02. The van der Waals surface area contributed by atoms with Gasteiger partial charge in [0.25, 0.3) is 0 Å². The average Bonchev–Trinajstić information content (AvgIpc) is 2.44. The molecule has 0 bridgehead atoms. The van der Waals surface area contributed by atoms with Gasteiger partial charge in [0.1, 0.15) is 5.82 Å². The average molecular weight is 324 g/mol. The summed E-state index contributed by atoms with van der Waals surface area (Å²) in [6, 6.07) is 14.6. The first kappa shape index (κ1) is 14.2. The summed E-state index contributed by atoms with van der Waals surface area (Å²) in [5.41, 5.74) is 1.86. The maximum Gasteiger partial charge on any atom is 0.137 e. The van der Waals surface area contributed by atoms with E-state index >= 15 is 0 Å². The fraction of sp³-hybridized carbons (Fsp3) is 0.200. The number of benzene rings is 2. The van der Waals surface area contributed by atoms with Gasteiger partial charge in [0.15, 0.2) is 0 Å². The predicted molar refractivity (Wildman–Crippen MR) is 77.2 cm³/mol. The number of nitrogens with one attached hydrogen (secondary N) is 1. The Morgan fingerprint density at radius 2 is 1.89 bits per heavy atom. The third-order valence-electron chi connectivity index (χ3n) is 2.92. The van der Waals surface area contributed by atoms with Gasteiger partial charge in [-0.3, -0.25) is 0 Å². The van der Waals surface area contributed by atoms with Crippen LogP contribution < -0.4 is 5.32 Å². The van der Waals surface area contributed by atoms with Crippen LogP contribution in [0.4, 0.5) is 4.39 Å². The molecule has 0 aliphatic rings. The van der Waals surface area contributed by atoms with Crippen LogP contribution in [0.25, 0.3) is 0 Å². The fourth-order valence-electron chi connectivity index (χ4n) is 1.86. The largest absolute Gasteiger partial charge is 0.394 e. The molecule has 2 rings (SSSR count). The van der Waals surface area contributed by atoms with Gasteiger partial charge in [-0.2, -0.15) is 0 Å². The summed E-state index contributed by atoms with van der Waals surface area (Å²) in [5, 5.41) is 12.6. The van der Waals surface area contributed by atoms with Crippen LogP contribution in [0.5, 0.6) is 0 Å². The molecule has 0 radical (unpaired) electrons. The van der Waals surface area contributed by atoms with Crippen LogP contribution in [0.3, 0.4) is 0 Å². The Kier molecular flexibility index (Phi) is 5.07. The third-order valence-corrected chi connectivity index (χ3v) is 3.56. The summed E-state index contributed by atoms with van der Waals surface area (Å²) in [7, 11) is 0. The molecule has 2 aromatic rings. The van der Waals surface area contributed by atoms with Gasteiger partial charge < -0.3 is 10.4 Å².